The molecular weight excluding hydrogens is 301 g/mol. The fraction of sp³-hybridized carbons (Fsp3) is 0.222. The Morgan fingerprint density at radius 2 is 1.52 bits per heavy atom. The Morgan fingerprint density at radius 3 is 2.13 bits per heavy atom. The Labute approximate surface area is 133 Å². The van der Waals surface area contributed by atoms with Crippen molar-refractivity contribution in [1.82, 2.24) is 0 Å². The summed E-state index contributed by atoms with van der Waals surface area (Å²) in [6.07, 6.45) is 4.90. The van der Waals surface area contributed by atoms with Crippen LogP contribution in [0.3, 0.4) is 0 Å². The van der Waals surface area contributed by atoms with Crippen LogP contribution < -0.4 is 0 Å². The molecule has 2 nitrogen and oxygen atoms in total. The second kappa shape index (κ2) is 8.27. The molecule has 2 aromatic rings. The second-order valence-corrected chi connectivity index (χ2v) is 5.12. The zero-order valence-electron chi connectivity index (χ0n) is 12.8. The van der Waals surface area contributed by atoms with Gasteiger partial charge in [-0.1, -0.05) is 25.5 Å². The molecule has 120 valence electrons. The molecule has 0 atom stereocenters. The number of benzene rings is 2. The number of halogens is 3. The number of nitrogens with zero attached hydrogens (tertiary/aromatic N) is 2. The molecule has 0 fully saturated rings. The summed E-state index contributed by atoms with van der Waals surface area (Å²) in [5, 5.41) is 7.35. The third kappa shape index (κ3) is 5.06. The van der Waals surface area contributed by atoms with E-state index in [4.69, 9.17) is 0 Å². The zero-order chi connectivity index (χ0) is 16.7. The number of aryl methyl sites for hydroxylation is 1. The maximum Gasteiger partial charge on any atom is 0.135 e. The molecule has 0 saturated heterocycles. The van der Waals surface area contributed by atoms with Gasteiger partial charge >= 0.3 is 0 Å². The van der Waals surface area contributed by atoms with Gasteiger partial charge in [0.1, 0.15) is 17.5 Å². The van der Waals surface area contributed by atoms with Crippen molar-refractivity contribution >= 4 is 12.4 Å². The van der Waals surface area contributed by atoms with Gasteiger partial charge in [-0.3, -0.25) is 0 Å². The molecule has 0 aliphatic carbocycles. The van der Waals surface area contributed by atoms with Gasteiger partial charge in [0.15, 0.2) is 0 Å². The van der Waals surface area contributed by atoms with E-state index in [1.54, 1.807) is 0 Å². The Morgan fingerprint density at radius 1 is 0.913 bits per heavy atom. The lowest BCUT2D eigenvalue weighted by atomic mass is 10.1. The number of unbranched alkanes of at least 4 members (excludes halogenated alkanes) is 1. The summed E-state index contributed by atoms with van der Waals surface area (Å²) in [5.41, 5.74) is 1.05. The highest BCUT2D eigenvalue weighted by atomic mass is 19.1. The molecule has 0 aliphatic rings. The van der Waals surface area contributed by atoms with E-state index in [1.807, 2.05) is 6.92 Å². The molecule has 0 unspecified atom stereocenters. The van der Waals surface area contributed by atoms with Crippen LogP contribution in [-0.4, -0.2) is 12.4 Å². The molecule has 0 aliphatic heterocycles. The van der Waals surface area contributed by atoms with Crippen LogP contribution in [0.15, 0.2) is 46.6 Å². The van der Waals surface area contributed by atoms with Gasteiger partial charge < -0.3 is 0 Å². The lowest BCUT2D eigenvalue weighted by Gasteiger charge is -2.04. The maximum absolute atomic E-state index is 13.9. The minimum atomic E-state index is -0.656. The van der Waals surface area contributed by atoms with Crippen LogP contribution in [0.2, 0.25) is 0 Å². The Kier molecular flexibility index (Phi) is 6.09. The molecule has 0 saturated carbocycles. The molecule has 2 rings (SSSR count). The quantitative estimate of drug-likeness (QED) is 0.534. The summed E-state index contributed by atoms with van der Waals surface area (Å²) in [7, 11) is 0. The molecule has 0 spiro atoms. The molecule has 23 heavy (non-hydrogen) atoms. The smallest absolute Gasteiger partial charge is 0.135 e. The summed E-state index contributed by atoms with van der Waals surface area (Å²) in [6.45, 7) is 2.02. The average Bonchev–Trinajstić information content (AvgIpc) is 2.53. The molecular formula is C18H17F3N2. The first kappa shape index (κ1) is 16.9. The van der Waals surface area contributed by atoms with E-state index in [2.05, 4.69) is 10.2 Å². The first-order valence-corrected chi connectivity index (χ1v) is 7.40. The van der Waals surface area contributed by atoms with E-state index in [1.165, 1.54) is 42.6 Å². The van der Waals surface area contributed by atoms with Crippen LogP contribution in [0.25, 0.3) is 0 Å². The average molecular weight is 318 g/mol. The van der Waals surface area contributed by atoms with Crippen molar-refractivity contribution in [1.29, 1.82) is 0 Å². The number of hydrogen-bond donors (Lipinski definition) is 0. The van der Waals surface area contributed by atoms with Crippen molar-refractivity contribution in [3.05, 3.63) is 70.5 Å². The molecule has 0 N–H and O–H groups in total. The lowest BCUT2D eigenvalue weighted by molar-refractivity contribution is 0.575. The minimum absolute atomic E-state index is 0.221. The molecule has 0 heterocycles. The van der Waals surface area contributed by atoms with Crippen LogP contribution >= 0.6 is 0 Å². The lowest BCUT2D eigenvalue weighted by Crippen LogP contribution is -1.97. The molecule has 0 aromatic heterocycles. The largest absolute Gasteiger partial charge is 0.207 e. The highest BCUT2D eigenvalue weighted by Crippen LogP contribution is 2.15. The predicted molar refractivity (Wildman–Crippen MR) is 86.6 cm³/mol. The summed E-state index contributed by atoms with van der Waals surface area (Å²) in [5.74, 6) is -1.66. The monoisotopic (exact) mass is 318 g/mol. The van der Waals surface area contributed by atoms with Crippen molar-refractivity contribution < 1.29 is 13.2 Å². The van der Waals surface area contributed by atoms with Crippen LogP contribution in [0.4, 0.5) is 13.2 Å². The van der Waals surface area contributed by atoms with E-state index in [9.17, 15) is 13.2 Å². The van der Waals surface area contributed by atoms with Gasteiger partial charge in [0.05, 0.1) is 18.0 Å². The number of rotatable bonds is 6. The van der Waals surface area contributed by atoms with E-state index in [-0.39, 0.29) is 11.4 Å². The van der Waals surface area contributed by atoms with Crippen molar-refractivity contribution in [3.8, 4) is 0 Å². The maximum atomic E-state index is 13.9. The fourth-order valence-corrected chi connectivity index (χ4v) is 2.03. The van der Waals surface area contributed by atoms with Gasteiger partial charge in [0, 0.05) is 0 Å². The third-order valence-corrected chi connectivity index (χ3v) is 3.29. The highest BCUT2D eigenvalue weighted by Gasteiger charge is 2.09. The normalized spacial score (nSPS) is 11.7. The van der Waals surface area contributed by atoms with Crippen molar-refractivity contribution in [2.75, 3.05) is 0 Å². The van der Waals surface area contributed by atoms with Crippen LogP contribution in [0.5, 0.6) is 0 Å². The van der Waals surface area contributed by atoms with Crippen LogP contribution in [0.1, 0.15) is 36.5 Å². The molecule has 5 heteroatoms. The van der Waals surface area contributed by atoms with E-state index >= 15 is 0 Å². The van der Waals surface area contributed by atoms with Crippen molar-refractivity contribution in [3.63, 3.8) is 0 Å². The van der Waals surface area contributed by atoms with Gasteiger partial charge in [-0.15, -0.1) is 0 Å². The third-order valence-electron chi connectivity index (χ3n) is 3.29. The van der Waals surface area contributed by atoms with Crippen LogP contribution in [-0.2, 0) is 6.42 Å². The van der Waals surface area contributed by atoms with Crippen molar-refractivity contribution in [2.24, 2.45) is 10.2 Å². The van der Waals surface area contributed by atoms with Gasteiger partial charge in [-0.2, -0.15) is 10.2 Å². The van der Waals surface area contributed by atoms with Gasteiger partial charge in [-0.25, -0.2) is 13.2 Å². The van der Waals surface area contributed by atoms with Gasteiger partial charge in [0.25, 0.3) is 0 Å². The Hall–Kier alpha value is -2.43. The summed E-state index contributed by atoms with van der Waals surface area (Å²) in [4.78, 5) is 0. The highest BCUT2D eigenvalue weighted by molar-refractivity contribution is 5.83. The number of hydrogen-bond acceptors (Lipinski definition) is 2. The molecule has 0 amide bonds. The molecule has 0 bridgehead atoms. The second-order valence-electron chi connectivity index (χ2n) is 5.12. The van der Waals surface area contributed by atoms with E-state index in [0.29, 0.717) is 17.5 Å². The van der Waals surface area contributed by atoms with E-state index in [0.717, 1.165) is 19.1 Å². The first-order valence-electron chi connectivity index (χ1n) is 7.40. The molecule has 2 aromatic carbocycles. The summed E-state index contributed by atoms with van der Waals surface area (Å²) >= 11 is 0. The minimum Gasteiger partial charge on any atom is -0.207 e. The van der Waals surface area contributed by atoms with Crippen LogP contribution in [0, 0.1) is 17.5 Å². The van der Waals surface area contributed by atoms with Crippen molar-refractivity contribution in [2.45, 2.75) is 26.2 Å². The molecule has 0 radical (unpaired) electrons. The van der Waals surface area contributed by atoms with Gasteiger partial charge in [-0.05, 0) is 48.2 Å². The van der Waals surface area contributed by atoms with E-state index < -0.39 is 11.6 Å². The van der Waals surface area contributed by atoms with Gasteiger partial charge in [0.2, 0.25) is 0 Å². The summed E-state index contributed by atoms with van der Waals surface area (Å²) < 4.78 is 40.6. The Balaban J connectivity index is 2.08. The first-order chi connectivity index (χ1) is 11.1. The Bertz CT molecular complexity index is 684. The zero-order valence-corrected chi connectivity index (χ0v) is 12.8. The topological polar surface area (TPSA) is 24.7 Å². The predicted octanol–water partition coefficient (Wildman–Crippen LogP) is 4.90. The fourth-order valence-electron chi connectivity index (χ4n) is 2.03. The SMILES string of the molecule is CCCCc1cc(F)c(C=NN=Cc2ccc(F)cc2)c(F)c1. The standard InChI is InChI=1S/C18H17F3N2/c1-2-3-4-14-9-17(20)16(18(21)10-14)12-23-22-11-13-5-7-15(19)8-6-13/h5-12H,2-4H2,1H3. The summed E-state index contributed by atoms with van der Waals surface area (Å²) in [6, 6.07) is 8.28.